The number of nitrogens with zero attached hydrogens (tertiary/aromatic N) is 1. The van der Waals surface area contributed by atoms with Gasteiger partial charge in [-0.25, -0.2) is 0 Å². The molecule has 0 saturated carbocycles. The number of ether oxygens (including phenoxy) is 5. The molecule has 0 unspecified atom stereocenters. The molecule has 2 aromatic carbocycles. The number of benzene rings is 2. The molecular weight excluding hydrogens is 382 g/mol. The Bertz CT molecular complexity index is 955. The van der Waals surface area contributed by atoms with Crippen LogP contribution >= 0.6 is 0 Å². The lowest BCUT2D eigenvalue weighted by Crippen LogP contribution is -2.57. The van der Waals surface area contributed by atoms with Crippen molar-refractivity contribution in [1.82, 2.24) is 4.90 Å². The van der Waals surface area contributed by atoms with Gasteiger partial charge in [-0.3, -0.25) is 4.90 Å². The Morgan fingerprint density at radius 2 is 1.67 bits per heavy atom. The maximum Gasteiger partial charge on any atom is 0.231 e. The molecule has 0 amide bonds. The van der Waals surface area contributed by atoms with Crippen LogP contribution in [0, 0.1) is 5.92 Å². The predicted octanol–water partition coefficient (Wildman–Crippen LogP) is 4.40. The molecule has 0 aromatic heterocycles. The summed E-state index contributed by atoms with van der Waals surface area (Å²) < 4.78 is 29.3. The molecule has 2 aromatic rings. The van der Waals surface area contributed by atoms with Crippen LogP contribution in [0.5, 0.6) is 28.7 Å². The summed E-state index contributed by atoms with van der Waals surface area (Å²) in [6.07, 6.45) is 2.41. The van der Waals surface area contributed by atoms with Crippen LogP contribution < -0.4 is 23.7 Å². The number of hydrogen-bond acceptors (Lipinski definition) is 6. The third kappa shape index (κ3) is 2.88. The number of rotatable bonds is 4. The average molecular weight is 411 g/mol. The van der Waals surface area contributed by atoms with E-state index < -0.39 is 5.72 Å². The molecule has 6 heteroatoms. The lowest BCUT2D eigenvalue weighted by atomic mass is 9.73. The van der Waals surface area contributed by atoms with Crippen molar-refractivity contribution in [2.45, 2.75) is 38.3 Å². The highest BCUT2D eigenvalue weighted by Gasteiger charge is 2.50. The van der Waals surface area contributed by atoms with Crippen molar-refractivity contribution >= 4 is 0 Å². The van der Waals surface area contributed by atoms with Crippen LogP contribution in [0.4, 0.5) is 0 Å². The van der Waals surface area contributed by atoms with Gasteiger partial charge in [0, 0.05) is 48.2 Å². The fourth-order valence-electron chi connectivity index (χ4n) is 5.19. The van der Waals surface area contributed by atoms with E-state index in [0.717, 1.165) is 53.0 Å². The van der Waals surface area contributed by atoms with Gasteiger partial charge in [0.2, 0.25) is 6.79 Å². The number of likely N-dealkylation sites (tertiary alicyclic amines) is 1. The zero-order chi connectivity index (χ0) is 20.9. The second-order valence-electron chi connectivity index (χ2n) is 8.47. The van der Waals surface area contributed by atoms with E-state index in [1.165, 1.54) is 12.8 Å². The maximum atomic E-state index is 6.74. The summed E-state index contributed by atoms with van der Waals surface area (Å²) in [5, 5.41) is 0. The van der Waals surface area contributed by atoms with Gasteiger partial charge in [-0.2, -0.15) is 0 Å². The van der Waals surface area contributed by atoms with Crippen molar-refractivity contribution in [2.75, 3.05) is 34.1 Å². The van der Waals surface area contributed by atoms with E-state index in [2.05, 4.69) is 30.9 Å². The van der Waals surface area contributed by atoms with Crippen molar-refractivity contribution in [3.63, 3.8) is 0 Å². The standard InChI is InChI=1S/C24H29NO5/c1-15-23(17-8-7-16(26-3)11-19(17)27-4)18-12-21-22(29-14-28-21)13-20(18)30-24(15,2)25-9-5-6-10-25/h7-8,11-13,15,23H,5-6,9-10,14H2,1-4H3/t15-,23+,24-/m1/s1. The van der Waals surface area contributed by atoms with Gasteiger partial charge in [-0.15, -0.1) is 0 Å². The Kier molecular flexibility index (Phi) is 4.69. The van der Waals surface area contributed by atoms with Crippen LogP contribution in [0.2, 0.25) is 0 Å². The third-order valence-electron chi connectivity index (χ3n) is 7.01. The highest BCUT2D eigenvalue weighted by atomic mass is 16.7. The molecule has 1 fully saturated rings. The van der Waals surface area contributed by atoms with Gasteiger partial charge in [-0.05, 0) is 31.9 Å². The molecule has 30 heavy (non-hydrogen) atoms. The summed E-state index contributed by atoms with van der Waals surface area (Å²) in [6.45, 7) is 6.84. The van der Waals surface area contributed by atoms with Crippen LogP contribution in [0.25, 0.3) is 0 Å². The molecule has 160 valence electrons. The van der Waals surface area contributed by atoms with Crippen LogP contribution in [0.1, 0.15) is 43.7 Å². The van der Waals surface area contributed by atoms with Crippen LogP contribution in [0.3, 0.4) is 0 Å². The van der Waals surface area contributed by atoms with Crippen molar-refractivity contribution in [1.29, 1.82) is 0 Å². The van der Waals surface area contributed by atoms with Gasteiger partial charge in [0.15, 0.2) is 17.2 Å². The zero-order valence-electron chi connectivity index (χ0n) is 18.1. The Hall–Kier alpha value is -2.60. The summed E-state index contributed by atoms with van der Waals surface area (Å²) in [5.41, 5.74) is 1.80. The second-order valence-corrected chi connectivity index (χ2v) is 8.47. The van der Waals surface area contributed by atoms with E-state index in [1.54, 1.807) is 14.2 Å². The van der Waals surface area contributed by atoms with Gasteiger partial charge in [0.1, 0.15) is 17.2 Å². The Morgan fingerprint density at radius 1 is 0.933 bits per heavy atom. The van der Waals surface area contributed by atoms with Gasteiger partial charge in [0.05, 0.1) is 14.2 Å². The Morgan fingerprint density at radius 3 is 2.37 bits per heavy atom. The van der Waals surface area contributed by atoms with Crippen LogP contribution in [-0.4, -0.2) is 44.7 Å². The fourth-order valence-corrected chi connectivity index (χ4v) is 5.19. The fraction of sp³-hybridized carbons (Fsp3) is 0.500. The molecule has 0 N–H and O–H groups in total. The first-order valence-electron chi connectivity index (χ1n) is 10.6. The van der Waals surface area contributed by atoms with Crippen LogP contribution in [0.15, 0.2) is 30.3 Å². The van der Waals surface area contributed by atoms with E-state index in [1.807, 2.05) is 18.2 Å². The first-order valence-corrected chi connectivity index (χ1v) is 10.6. The van der Waals surface area contributed by atoms with E-state index in [0.29, 0.717) is 0 Å². The lowest BCUT2D eigenvalue weighted by molar-refractivity contribution is -0.114. The minimum absolute atomic E-state index is 0.0784. The molecule has 0 bridgehead atoms. The quantitative estimate of drug-likeness (QED) is 0.743. The third-order valence-corrected chi connectivity index (χ3v) is 7.01. The van der Waals surface area contributed by atoms with Crippen molar-refractivity contribution in [3.05, 3.63) is 41.5 Å². The van der Waals surface area contributed by atoms with Gasteiger partial charge < -0.3 is 23.7 Å². The largest absolute Gasteiger partial charge is 0.497 e. The van der Waals surface area contributed by atoms with Crippen molar-refractivity contribution < 1.29 is 23.7 Å². The Balaban J connectivity index is 1.68. The van der Waals surface area contributed by atoms with Crippen LogP contribution in [-0.2, 0) is 0 Å². The lowest BCUT2D eigenvalue weighted by Gasteiger charge is -2.50. The average Bonchev–Trinajstić information content (AvgIpc) is 3.45. The summed E-state index contributed by atoms with van der Waals surface area (Å²) in [5.74, 6) is 4.23. The van der Waals surface area contributed by atoms with Gasteiger partial charge in [-0.1, -0.05) is 13.0 Å². The van der Waals surface area contributed by atoms with Gasteiger partial charge in [0.25, 0.3) is 0 Å². The molecule has 5 rings (SSSR count). The molecular formula is C24H29NO5. The summed E-state index contributed by atoms with van der Waals surface area (Å²) >= 11 is 0. The molecule has 6 nitrogen and oxygen atoms in total. The normalized spacial score (nSPS) is 27.5. The molecule has 3 atom stereocenters. The van der Waals surface area contributed by atoms with E-state index in [9.17, 15) is 0 Å². The molecule has 0 aliphatic carbocycles. The van der Waals surface area contributed by atoms with Crippen molar-refractivity contribution in [3.8, 4) is 28.7 Å². The maximum absolute atomic E-state index is 6.74. The first kappa shape index (κ1) is 19.4. The predicted molar refractivity (Wildman–Crippen MR) is 113 cm³/mol. The highest BCUT2D eigenvalue weighted by molar-refractivity contribution is 5.58. The number of hydrogen-bond donors (Lipinski definition) is 0. The zero-order valence-corrected chi connectivity index (χ0v) is 18.1. The van der Waals surface area contributed by atoms with Gasteiger partial charge >= 0.3 is 0 Å². The smallest absolute Gasteiger partial charge is 0.231 e. The Labute approximate surface area is 177 Å². The number of fused-ring (bicyclic) bond motifs is 2. The SMILES string of the molecule is COc1ccc([C@H]2c3cc4c(cc3O[C@@](C)(N3CCCC3)[C@@H]2C)OCO4)c(OC)c1. The van der Waals surface area contributed by atoms with E-state index >= 15 is 0 Å². The number of methoxy groups -OCH3 is 2. The van der Waals surface area contributed by atoms with E-state index in [-0.39, 0.29) is 18.6 Å². The first-order chi connectivity index (χ1) is 14.5. The topological polar surface area (TPSA) is 49.4 Å². The highest BCUT2D eigenvalue weighted by Crippen LogP contribution is 2.54. The van der Waals surface area contributed by atoms with E-state index in [4.69, 9.17) is 23.7 Å². The monoisotopic (exact) mass is 411 g/mol. The molecule has 0 spiro atoms. The molecule has 1 saturated heterocycles. The summed E-state index contributed by atoms with van der Waals surface area (Å²) in [4.78, 5) is 2.48. The second kappa shape index (κ2) is 7.27. The minimum atomic E-state index is -0.424. The molecule has 3 aliphatic rings. The molecule has 0 radical (unpaired) electrons. The summed E-state index contributed by atoms with van der Waals surface area (Å²) in [7, 11) is 3.38. The summed E-state index contributed by atoms with van der Waals surface area (Å²) in [6, 6.07) is 10.1. The minimum Gasteiger partial charge on any atom is -0.497 e. The van der Waals surface area contributed by atoms with Crippen molar-refractivity contribution in [2.24, 2.45) is 5.92 Å². The molecule has 3 aliphatic heterocycles. The molecule has 3 heterocycles.